The Morgan fingerprint density at radius 2 is 2.11 bits per heavy atom. The third kappa shape index (κ3) is 4.74. The lowest BCUT2D eigenvalue weighted by atomic mass is 9.97. The fourth-order valence-corrected chi connectivity index (χ4v) is 4.19. The maximum Gasteiger partial charge on any atom is 0.237 e. The number of aromatic nitrogens is 4. The summed E-state index contributed by atoms with van der Waals surface area (Å²) in [5.74, 6) is 1.56. The van der Waals surface area contributed by atoms with E-state index in [0.29, 0.717) is 5.92 Å². The first kappa shape index (κ1) is 19.0. The first-order valence-electron chi connectivity index (χ1n) is 10.4. The van der Waals surface area contributed by atoms with Crippen molar-refractivity contribution < 1.29 is 4.79 Å². The second kappa shape index (κ2) is 9.25. The minimum atomic E-state index is 0.0107. The highest BCUT2D eigenvalue weighted by Gasteiger charge is 2.24. The zero-order chi connectivity index (χ0) is 19.2. The second-order valence-corrected chi connectivity index (χ2v) is 7.80. The van der Waals surface area contributed by atoms with Crippen LogP contribution in [0.5, 0.6) is 0 Å². The predicted octanol–water partition coefficient (Wildman–Crippen LogP) is 0.785. The number of tetrazole rings is 1. The Bertz CT molecular complexity index is 757. The Hall–Kier alpha value is -2.32. The minimum absolute atomic E-state index is 0.0107. The summed E-state index contributed by atoms with van der Waals surface area (Å²) < 4.78 is 1.82. The SMILES string of the molecule is O=C(NCC1CCCN(CCc2nnnn2-c2ccccc2)C1)C1CCCN1. The minimum Gasteiger partial charge on any atom is -0.354 e. The molecule has 1 aromatic carbocycles. The van der Waals surface area contributed by atoms with Crippen molar-refractivity contribution in [3.8, 4) is 5.69 Å². The highest BCUT2D eigenvalue weighted by molar-refractivity contribution is 5.81. The van der Waals surface area contributed by atoms with Crippen molar-refractivity contribution in [1.82, 2.24) is 35.7 Å². The van der Waals surface area contributed by atoms with Crippen LogP contribution in [0.2, 0.25) is 0 Å². The molecule has 150 valence electrons. The molecule has 2 N–H and O–H groups in total. The van der Waals surface area contributed by atoms with Crippen LogP contribution < -0.4 is 10.6 Å². The second-order valence-electron chi connectivity index (χ2n) is 7.80. The van der Waals surface area contributed by atoms with Crippen molar-refractivity contribution in [2.75, 3.05) is 32.7 Å². The molecule has 0 aliphatic carbocycles. The average molecular weight is 384 g/mol. The number of para-hydroxylation sites is 1. The third-order valence-electron chi connectivity index (χ3n) is 5.73. The van der Waals surface area contributed by atoms with Crippen LogP contribution in [0.1, 0.15) is 31.5 Å². The monoisotopic (exact) mass is 383 g/mol. The molecule has 8 nitrogen and oxygen atoms in total. The molecule has 4 rings (SSSR count). The average Bonchev–Trinajstić information content (AvgIpc) is 3.43. The number of benzene rings is 1. The molecule has 1 amide bonds. The van der Waals surface area contributed by atoms with Gasteiger partial charge in [-0.3, -0.25) is 4.79 Å². The van der Waals surface area contributed by atoms with E-state index in [4.69, 9.17) is 0 Å². The van der Waals surface area contributed by atoms with Crippen LogP contribution in [0.4, 0.5) is 0 Å². The Morgan fingerprint density at radius 1 is 1.21 bits per heavy atom. The van der Waals surface area contributed by atoms with Crippen LogP contribution >= 0.6 is 0 Å². The summed E-state index contributed by atoms with van der Waals surface area (Å²) in [5, 5.41) is 18.6. The summed E-state index contributed by atoms with van der Waals surface area (Å²) in [6.45, 7) is 4.78. The summed E-state index contributed by atoms with van der Waals surface area (Å²) in [5.41, 5.74) is 0.988. The van der Waals surface area contributed by atoms with E-state index in [2.05, 4.69) is 31.1 Å². The van der Waals surface area contributed by atoms with Crippen molar-refractivity contribution in [3.05, 3.63) is 36.2 Å². The van der Waals surface area contributed by atoms with E-state index in [1.807, 2.05) is 35.0 Å². The number of hydrogen-bond donors (Lipinski definition) is 2. The molecule has 0 bridgehead atoms. The summed E-state index contributed by atoms with van der Waals surface area (Å²) >= 11 is 0. The number of nitrogens with one attached hydrogen (secondary N) is 2. The Labute approximate surface area is 165 Å². The summed E-state index contributed by atoms with van der Waals surface area (Å²) in [7, 11) is 0. The molecule has 8 heteroatoms. The van der Waals surface area contributed by atoms with Gasteiger partial charge in [-0.15, -0.1) is 5.10 Å². The van der Waals surface area contributed by atoms with Gasteiger partial charge in [0.05, 0.1) is 11.7 Å². The van der Waals surface area contributed by atoms with Gasteiger partial charge >= 0.3 is 0 Å². The van der Waals surface area contributed by atoms with Crippen LogP contribution in [0.15, 0.2) is 30.3 Å². The summed E-state index contributed by atoms with van der Waals surface area (Å²) in [6, 6.07) is 10.0. The lowest BCUT2D eigenvalue weighted by Gasteiger charge is -2.32. The van der Waals surface area contributed by atoms with Gasteiger partial charge in [-0.05, 0) is 67.3 Å². The number of rotatable bonds is 7. The van der Waals surface area contributed by atoms with E-state index in [9.17, 15) is 4.79 Å². The predicted molar refractivity (Wildman–Crippen MR) is 106 cm³/mol. The normalized spacial score (nSPS) is 23.0. The van der Waals surface area contributed by atoms with E-state index in [-0.39, 0.29) is 11.9 Å². The van der Waals surface area contributed by atoms with Gasteiger partial charge in [0.25, 0.3) is 0 Å². The molecule has 2 aromatic rings. The van der Waals surface area contributed by atoms with Crippen LogP contribution in [-0.2, 0) is 11.2 Å². The molecular weight excluding hydrogens is 354 g/mol. The molecule has 2 aliphatic rings. The van der Waals surface area contributed by atoms with Gasteiger partial charge in [-0.1, -0.05) is 18.2 Å². The molecule has 2 unspecified atom stereocenters. The van der Waals surface area contributed by atoms with Gasteiger partial charge in [0.15, 0.2) is 5.82 Å². The first-order chi connectivity index (χ1) is 13.8. The zero-order valence-electron chi connectivity index (χ0n) is 16.3. The van der Waals surface area contributed by atoms with Gasteiger partial charge in [-0.25, -0.2) is 0 Å². The summed E-state index contributed by atoms with van der Waals surface area (Å²) in [6.07, 6.45) is 5.21. The molecule has 2 fully saturated rings. The van der Waals surface area contributed by atoms with Crippen LogP contribution in [0.25, 0.3) is 5.69 Å². The Kier molecular flexibility index (Phi) is 6.28. The molecule has 2 saturated heterocycles. The van der Waals surface area contributed by atoms with Gasteiger partial charge in [0.1, 0.15) is 0 Å². The number of nitrogens with zero attached hydrogens (tertiary/aromatic N) is 5. The van der Waals surface area contributed by atoms with E-state index in [1.54, 1.807) is 0 Å². The number of carbonyl (C=O) groups is 1. The molecule has 3 heterocycles. The van der Waals surface area contributed by atoms with Gasteiger partial charge in [0.2, 0.25) is 5.91 Å². The van der Waals surface area contributed by atoms with E-state index < -0.39 is 0 Å². The molecule has 2 aliphatic heterocycles. The maximum absolute atomic E-state index is 12.2. The largest absolute Gasteiger partial charge is 0.354 e. The molecule has 0 spiro atoms. The van der Waals surface area contributed by atoms with Crippen LogP contribution in [-0.4, -0.2) is 69.8 Å². The molecule has 28 heavy (non-hydrogen) atoms. The maximum atomic E-state index is 12.2. The fourth-order valence-electron chi connectivity index (χ4n) is 4.19. The zero-order valence-corrected chi connectivity index (χ0v) is 16.3. The molecule has 0 radical (unpaired) electrons. The van der Waals surface area contributed by atoms with Crippen molar-refractivity contribution >= 4 is 5.91 Å². The van der Waals surface area contributed by atoms with Crippen LogP contribution in [0, 0.1) is 5.92 Å². The van der Waals surface area contributed by atoms with Crippen molar-refractivity contribution in [2.24, 2.45) is 5.92 Å². The van der Waals surface area contributed by atoms with Gasteiger partial charge in [-0.2, -0.15) is 4.68 Å². The molecular formula is C20H29N7O. The number of likely N-dealkylation sites (tertiary alicyclic amines) is 1. The topological polar surface area (TPSA) is 88.0 Å². The van der Waals surface area contributed by atoms with E-state index in [1.165, 1.54) is 12.8 Å². The molecule has 0 saturated carbocycles. The van der Waals surface area contributed by atoms with Crippen LogP contribution in [0.3, 0.4) is 0 Å². The number of hydrogen-bond acceptors (Lipinski definition) is 6. The molecule has 1 aromatic heterocycles. The highest BCUT2D eigenvalue weighted by Crippen LogP contribution is 2.17. The summed E-state index contributed by atoms with van der Waals surface area (Å²) in [4.78, 5) is 14.7. The number of carbonyl (C=O) groups excluding carboxylic acids is 1. The van der Waals surface area contributed by atoms with Crippen molar-refractivity contribution in [1.29, 1.82) is 0 Å². The fraction of sp³-hybridized carbons (Fsp3) is 0.600. The lowest BCUT2D eigenvalue weighted by molar-refractivity contribution is -0.123. The number of amides is 1. The van der Waals surface area contributed by atoms with E-state index in [0.717, 1.165) is 63.5 Å². The highest BCUT2D eigenvalue weighted by atomic mass is 16.2. The standard InChI is InChI=1S/C20H29N7O/c28-20(18-9-4-11-21-18)22-14-16-6-5-12-26(15-16)13-10-19-23-24-25-27(19)17-7-2-1-3-8-17/h1-3,7-8,16,18,21H,4-6,9-15H2,(H,22,28). The van der Waals surface area contributed by atoms with Crippen molar-refractivity contribution in [2.45, 2.75) is 38.1 Å². The quantitative estimate of drug-likeness (QED) is 0.735. The third-order valence-corrected chi connectivity index (χ3v) is 5.73. The van der Waals surface area contributed by atoms with Gasteiger partial charge in [0, 0.05) is 26.1 Å². The lowest BCUT2D eigenvalue weighted by Crippen LogP contribution is -2.45. The molecule has 2 atom stereocenters. The Morgan fingerprint density at radius 3 is 2.93 bits per heavy atom. The Balaban J connectivity index is 1.25. The smallest absolute Gasteiger partial charge is 0.237 e. The number of piperidine rings is 1. The first-order valence-corrected chi connectivity index (χ1v) is 10.4. The van der Waals surface area contributed by atoms with E-state index >= 15 is 0 Å². The van der Waals surface area contributed by atoms with Gasteiger partial charge < -0.3 is 15.5 Å². The van der Waals surface area contributed by atoms with Crippen molar-refractivity contribution in [3.63, 3.8) is 0 Å².